The predicted molar refractivity (Wildman–Crippen MR) is 136 cm³/mol. The van der Waals surface area contributed by atoms with E-state index >= 15 is 0 Å². The molecule has 0 aliphatic carbocycles. The number of piperidine rings is 1. The molecule has 2 aromatic carbocycles. The van der Waals surface area contributed by atoms with Crippen LogP contribution in [0.15, 0.2) is 48.7 Å². The van der Waals surface area contributed by atoms with Crippen LogP contribution in [0.1, 0.15) is 47.7 Å². The molecule has 1 aromatic heterocycles. The lowest BCUT2D eigenvalue weighted by atomic mass is 9.99. The Morgan fingerprint density at radius 1 is 1.03 bits per heavy atom. The number of fused-ring (bicyclic) bond motifs is 1. The van der Waals surface area contributed by atoms with E-state index in [-0.39, 0.29) is 5.91 Å². The molecule has 184 valence electrons. The molecule has 3 aromatic rings. The van der Waals surface area contributed by atoms with Crippen molar-refractivity contribution in [2.24, 2.45) is 13.0 Å². The Bertz CT molecular complexity index is 1160. The van der Waals surface area contributed by atoms with Crippen LogP contribution < -0.4 is 14.8 Å². The highest BCUT2D eigenvalue weighted by Crippen LogP contribution is 2.34. The summed E-state index contributed by atoms with van der Waals surface area (Å²) in [5.41, 5.74) is 4.40. The lowest BCUT2D eigenvalue weighted by Gasteiger charge is -2.30. The minimum absolute atomic E-state index is 0.147. The zero-order valence-electron chi connectivity index (χ0n) is 20.6. The van der Waals surface area contributed by atoms with Gasteiger partial charge in [0.1, 0.15) is 5.69 Å². The number of amides is 1. The Labute approximate surface area is 207 Å². The summed E-state index contributed by atoms with van der Waals surface area (Å²) in [7, 11) is 1.82. The summed E-state index contributed by atoms with van der Waals surface area (Å²) >= 11 is 0. The van der Waals surface area contributed by atoms with Crippen LogP contribution in [0.5, 0.6) is 11.5 Å². The van der Waals surface area contributed by atoms with Crippen molar-refractivity contribution in [2.75, 3.05) is 26.3 Å². The normalized spacial score (nSPS) is 16.6. The first-order valence-corrected chi connectivity index (χ1v) is 12.6. The minimum Gasteiger partial charge on any atom is -0.490 e. The summed E-state index contributed by atoms with van der Waals surface area (Å²) in [6.45, 7) is 7.41. The molecule has 0 atom stereocenters. The molecule has 2 aliphatic rings. The fourth-order valence-electron chi connectivity index (χ4n) is 4.70. The summed E-state index contributed by atoms with van der Waals surface area (Å²) in [5.74, 6) is 2.12. The van der Waals surface area contributed by atoms with Crippen LogP contribution in [0, 0.1) is 5.92 Å². The molecule has 1 amide bonds. The molecule has 3 heterocycles. The number of nitrogens with one attached hydrogen (secondary N) is 1. The fourth-order valence-corrected chi connectivity index (χ4v) is 4.70. The second kappa shape index (κ2) is 10.5. The van der Waals surface area contributed by atoms with E-state index in [1.54, 1.807) is 10.9 Å². The zero-order chi connectivity index (χ0) is 24.2. The van der Waals surface area contributed by atoms with E-state index in [2.05, 4.69) is 46.5 Å². The number of rotatable bonds is 6. The van der Waals surface area contributed by atoms with Crippen LogP contribution in [-0.4, -0.2) is 46.9 Å². The second-order valence-corrected chi connectivity index (χ2v) is 9.73. The maximum absolute atomic E-state index is 13.1. The van der Waals surface area contributed by atoms with E-state index in [4.69, 9.17) is 9.47 Å². The van der Waals surface area contributed by atoms with Crippen LogP contribution in [0.25, 0.3) is 11.3 Å². The average molecular weight is 475 g/mol. The summed E-state index contributed by atoms with van der Waals surface area (Å²) < 4.78 is 13.2. The standard InChI is InChI=1S/C28H34N4O3/c1-20-10-12-32(13-11-20)18-22-6-4-21(5-7-22)17-29-28(33)24-19-31(2)30-27(24)23-8-9-25-26(16-23)35-15-3-14-34-25/h4-9,16,19-20H,3,10-15,17-18H2,1-2H3,(H,29,33). The van der Waals surface area contributed by atoms with Gasteiger partial charge in [-0.2, -0.15) is 5.10 Å². The Hall–Kier alpha value is -3.32. The van der Waals surface area contributed by atoms with Gasteiger partial charge in [0.25, 0.3) is 5.91 Å². The van der Waals surface area contributed by atoms with E-state index in [1.165, 1.54) is 31.5 Å². The Morgan fingerprint density at radius 3 is 2.51 bits per heavy atom. The number of hydrogen-bond donors (Lipinski definition) is 1. The Kier molecular flexibility index (Phi) is 7.04. The SMILES string of the molecule is CC1CCN(Cc2ccc(CNC(=O)c3cn(C)nc3-c3ccc4c(c3)OCCCO4)cc2)CC1. The molecule has 7 nitrogen and oxygen atoms in total. The second-order valence-electron chi connectivity index (χ2n) is 9.73. The smallest absolute Gasteiger partial charge is 0.255 e. The minimum atomic E-state index is -0.147. The average Bonchev–Trinajstić information content (AvgIpc) is 3.11. The maximum Gasteiger partial charge on any atom is 0.255 e. The van der Waals surface area contributed by atoms with Crippen LogP contribution in [0.3, 0.4) is 0 Å². The number of aromatic nitrogens is 2. The van der Waals surface area contributed by atoms with E-state index in [0.717, 1.165) is 35.8 Å². The molecule has 0 radical (unpaired) electrons. The quantitative estimate of drug-likeness (QED) is 0.573. The topological polar surface area (TPSA) is 68.6 Å². The number of nitrogens with zero attached hydrogens (tertiary/aromatic N) is 3. The van der Waals surface area contributed by atoms with Crippen LogP contribution in [-0.2, 0) is 20.1 Å². The monoisotopic (exact) mass is 474 g/mol. The number of carbonyl (C=O) groups excluding carboxylic acids is 1. The van der Waals surface area contributed by atoms with Gasteiger partial charge in [-0.25, -0.2) is 0 Å². The molecule has 0 bridgehead atoms. The van der Waals surface area contributed by atoms with Crippen LogP contribution in [0.4, 0.5) is 0 Å². The summed E-state index contributed by atoms with van der Waals surface area (Å²) in [6.07, 6.45) is 5.18. The van der Waals surface area contributed by atoms with Crippen LogP contribution >= 0.6 is 0 Å². The molecular weight excluding hydrogens is 440 g/mol. The Morgan fingerprint density at radius 2 is 1.74 bits per heavy atom. The summed E-state index contributed by atoms with van der Waals surface area (Å²) in [4.78, 5) is 15.6. The summed E-state index contributed by atoms with van der Waals surface area (Å²) in [5, 5.41) is 7.61. The van der Waals surface area contributed by atoms with Gasteiger partial charge in [-0.15, -0.1) is 0 Å². The van der Waals surface area contributed by atoms with Crippen molar-refractivity contribution in [3.63, 3.8) is 0 Å². The van der Waals surface area contributed by atoms with E-state index in [1.807, 2.05) is 25.2 Å². The number of hydrogen-bond acceptors (Lipinski definition) is 5. The van der Waals surface area contributed by atoms with Crippen molar-refractivity contribution >= 4 is 5.91 Å². The third-order valence-electron chi connectivity index (χ3n) is 6.85. The molecule has 2 aliphatic heterocycles. The van der Waals surface area contributed by atoms with Gasteiger partial charge < -0.3 is 14.8 Å². The van der Waals surface area contributed by atoms with Gasteiger partial charge in [0, 0.05) is 38.3 Å². The molecule has 5 rings (SSSR count). The number of likely N-dealkylation sites (tertiary alicyclic amines) is 1. The van der Waals surface area contributed by atoms with Gasteiger partial charge in [-0.05, 0) is 61.2 Å². The van der Waals surface area contributed by atoms with Crippen molar-refractivity contribution in [1.82, 2.24) is 20.0 Å². The molecule has 1 fully saturated rings. The van der Waals surface area contributed by atoms with Crippen molar-refractivity contribution in [2.45, 2.75) is 39.3 Å². The molecule has 0 unspecified atom stereocenters. The first-order chi connectivity index (χ1) is 17.0. The maximum atomic E-state index is 13.1. The molecular formula is C28H34N4O3. The van der Waals surface area contributed by atoms with Crippen molar-refractivity contribution in [3.8, 4) is 22.8 Å². The first-order valence-electron chi connectivity index (χ1n) is 12.6. The molecule has 7 heteroatoms. The van der Waals surface area contributed by atoms with Gasteiger partial charge in [-0.1, -0.05) is 31.2 Å². The first kappa shape index (κ1) is 23.4. The zero-order valence-corrected chi connectivity index (χ0v) is 20.6. The molecule has 1 N–H and O–H groups in total. The number of aryl methyl sites for hydroxylation is 1. The van der Waals surface area contributed by atoms with Gasteiger partial charge in [0.15, 0.2) is 11.5 Å². The molecule has 0 saturated carbocycles. The number of benzene rings is 2. The van der Waals surface area contributed by atoms with Crippen LogP contribution in [0.2, 0.25) is 0 Å². The van der Waals surface area contributed by atoms with Gasteiger partial charge in [0.2, 0.25) is 0 Å². The highest BCUT2D eigenvalue weighted by Gasteiger charge is 2.20. The highest BCUT2D eigenvalue weighted by atomic mass is 16.5. The number of carbonyl (C=O) groups is 1. The lowest BCUT2D eigenvalue weighted by molar-refractivity contribution is 0.0951. The lowest BCUT2D eigenvalue weighted by Crippen LogP contribution is -2.32. The van der Waals surface area contributed by atoms with Crippen molar-refractivity contribution < 1.29 is 14.3 Å². The third-order valence-corrected chi connectivity index (χ3v) is 6.85. The molecule has 35 heavy (non-hydrogen) atoms. The van der Waals surface area contributed by atoms with Gasteiger partial charge in [0.05, 0.1) is 18.8 Å². The van der Waals surface area contributed by atoms with Crippen molar-refractivity contribution in [3.05, 3.63) is 65.4 Å². The van der Waals surface area contributed by atoms with E-state index in [0.29, 0.717) is 36.8 Å². The highest BCUT2D eigenvalue weighted by molar-refractivity contribution is 5.99. The largest absolute Gasteiger partial charge is 0.490 e. The van der Waals surface area contributed by atoms with E-state index < -0.39 is 0 Å². The molecule has 1 saturated heterocycles. The predicted octanol–water partition coefficient (Wildman–Crippen LogP) is 4.41. The molecule has 0 spiro atoms. The Balaban J connectivity index is 1.23. The fraction of sp³-hybridized carbons (Fsp3) is 0.429. The van der Waals surface area contributed by atoms with E-state index in [9.17, 15) is 4.79 Å². The third kappa shape index (κ3) is 5.68. The number of ether oxygens (including phenoxy) is 2. The van der Waals surface area contributed by atoms with Gasteiger partial charge in [-0.3, -0.25) is 14.4 Å². The van der Waals surface area contributed by atoms with Crippen molar-refractivity contribution in [1.29, 1.82) is 0 Å². The summed E-state index contributed by atoms with van der Waals surface area (Å²) in [6, 6.07) is 14.3. The van der Waals surface area contributed by atoms with Gasteiger partial charge >= 0.3 is 0 Å².